The first-order valence-corrected chi connectivity index (χ1v) is 17.5. The molecule has 0 atom stereocenters. The van der Waals surface area contributed by atoms with Gasteiger partial charge in [0, 0.05) is 47.3 Å². The molecule has 0 bridgehead atoms. The lowest BCUT2D eigenvalue weighted by Crippen LogP contribution is -2.05. The van der Waals surface area contributed by atoms with Crippen LogP contribution in [0.5, 0.6) is 0 Å². The number of rotatable bonds is 0. The average molecular weight is 718 g/mol. The van der Waals surface area contributed by atoms with Gasteiger partial charge in [0.05, 0.1) is 0 Å². The van der Waals surface area contributed by atoms with Crippen LogP contribution in [0.25, 0.3) is 33.1 Å². The van der Waals surface area contributed by atoms with Crippen LogP contribution in [0, 0.1) is 0 Å². The summed E-state index contributed by atoms with van der Waals surface area (Å²) in [6, 6.07) is 12.4. The minimum absolute atomic E-state index is 0.612. The van der Waals surface area contributed by atoms with Crippen LogP contribution < -0.4 is 5.73 Å². The lowest BCUT2D eigenvalue weighted by Gasteiger charge is -2.12. The number of pyridine rings is 3. The highest BCUT2D eigenvalue weighted by Gasteiger charge is 2.20. The van der Waals surface area contributed by atoms with E-state index in [2.05, 4.69) is 93.2 Å². The molecule has 6 heterocycles. The number of anilines is 1. The fraction of sp³-hybridized carbons (Fsp3) is 0.400. The highest BCUT2D eigenvalue weighted by Crippen LogP contribution is 2.32. The number of halogens is 2. The maximum Gasteiger partial charge on any atom is 0.142 e. The number of aromatic nitrogens is 6. The molecule has 7 nitrogen and oxygen atoms in total. The number of nitrogens with zero attached hydrogens (tertiary/aromatic N) is 5. The molecule has 228 valence electrons. The van der Waals surface area contributed by atoms with Gasteiger partial charge in [-0.2, -0.15) is 0 Å². The third-order valence-electron chi connectivity index (χ3n) is 9.63. The van der Waals surface area contributed by atoms with Gasteiger partial charge in [-0.15, -0.1) is 0 Å². The van der Waals surface area contributed by atoms with E-state index in [0.717, 1.165) is 26.1 Å². The Morgan fingerprint density at radius 1 is 0.591 bits per heavy atom. The Hall–Kier alpha value is -3.17. The number of hydrogen-bond acceptors (Lipinski definition) is 4. The minimum Gasteiger partial charge on any atom is -0.384 e. The Labute approximate surface area is 274 Å². The molecule has 0 fully saturated rings. The van der Waals surface area contributed by atoms with Crippen LogP contribution in [0.15, 0.2) is 45.6 Å². The first-order valence-electron chi connectivity index (χ1n) is 15.9. The standard InChI is InChI=1S/C12H13BrN2.C12H15N3.C11H11BrN2/c2*1-15-10-5-3-2-4-8(10)9-6-7-11(13)14-12(9)15;12-10-6-5-8-7-3-1-2-4-9(7)13-11(8)14-10/h6-7H,2-5H2,1H3;6-7H,2-5H2,1H3,(H2,13,14);5-6H,1-4H2,(H,13,14). The van der Waals surface area contributed by atoms with Crippen molar-refractivity contribution < 1.29 is 0 Å². The van der Waals surface area contributed by atoms with Crippen molar-refractivity contribution in [3.05, 3.63) is 79.4 Å². The van der Waals surface area contributed by atoms with E-state index >= 15 is 0 Å². The molecule has 9 heteroatoms. The number of fused-ring (bicyclic) bond motifs is 9. The molecule has 0 aromatic carbocycles. The number of H-pyrrole nitrogens is 1. The van der Waals surface area contributed by atoms with Crippen molar-refractivity contribution >= 4 is 70.8 Å². The molecule has 3 aliphatic carbocycles. The van der Waals surface area contributed by atoms with Gasteiger partial charge in [-0.3, -0.25) is 0 Å². The molecule has 6 aromatic rings. The van der Waals surface area contributed by atoms with Gasteiger partial charge < -0.3 is 19.9 Å². The Bertz CT molecular complexity index is 1900. The van der Waals surface area contributed by atoms with E-state index < -0.39 is 0 Å². The SMILES string of the molecule is Brc1ccc2c3c([nH]c2n1)CCCC3.Cn1c2c(c3ccc(Br)nc31)CCCC2.Cn1c2c(c3ccc(N)nc31)CCCC2. The monoisotopic (exact) mass is 715 g/mol. The van der Waals surface area contributed by atoms with E-state index in [9.17, 15) is 0 Å². The average Bonchev–Trinajstić information content (AvgIpc) is 3.65. The number of aromatic amines is 1. The fourth-order valence-electron chi connectivity index (χ4n) is 7.48. The highest BCUT2D eigenvalue weighted by atomic mass is 79.9. The van der Waals surface area contributed by atoms with Crippen LogP contribution in [-0.4, -0.2) is 29.1 Å². The van der Waals surface area contributed by atoms with Crippen LogP contribution in [-0.2, 0) is 52.6 Å². The largest absolute Gasteiger partial charge is 0.384 e. The topological polar surface area (TPSA) is 90.3 Å². The summed E-state index contributed by atoms with van der Waals surface area (Å²) in [6.07, 6.45) is 15.1. The van der Waals surface area contributed by atoms with Gasteiger partial charge in [-0.05, 0) is 162 Å². The number of nitrogens with one attached hydrogen (secondary N) is 1. The smallest absolute Gasteiger partial charge is 0.142 e. The van der Waals surface area contributed by atoms with E-state index in [1.165, 1.54) is 127 Å². The van der Waals surface area contributed by atoms with Crippen molar-refractivity contribution in [3.63, 3.8) is 0 Å². The molecule has 0 amide bonds. The zero-order valence-electron chi connectivity index (χ0n) is 25.5. The van der Waals surface area contributed by atoms with Gasteiger partial charge in [0.25, 0.3) is 0 Å². The molecular formula is C35H39Br2N7. The fourth-order valence-corrected chi connectivity index (χ4v) is 8.09. The van der Waals surface area contributed by atoms with Gasteiger partial charge in [-0.25, -0.2) is 15.0 Å². The zero-order valence-corrected chi connectivity index (χ0v) is 28.7. The Balaban J connectivity index is 0.000000107. The van der Waals surface area contributed by atoms with Crippen LogP contribution in [0.4, 0.5) is 5.82 Å². The summed E-state index contributed by atoms with van der Waals surface area (Å²) in [5.74, 6) is 0.612. The highest BCUT2D eigenvalue weighted by molar-refractivity contribution is 9.10. The summed E-state index contributed by atoms with van der Waals surface area (Å²) >= 11 is 6.83. The molecular weight excluding hydrogens is 678 g/mol. The quantitative estimate of drug-likeness (QED) is 0.154. The maximum atomic E-state index is 5.73. The summed E-state index contributed by atoms with van der Waals surface area (Å²) in [5, 5.41) is 3.94. The summed E-state index contributed by atoms with van der Waals surface area (Å²) in [5.41, 5.74) is 17.8. The third kappa shape index (κ3) is 5.47. The summed E-state index contributed by atoms with van der Waals surface area (Å²) in [6.45, 7) is 0. The van der Waals surface area contributed by atoms with E-state index in [1.807, 2.05) is 18.2 Å². The molecule has 9 rings (SSSR count). The predicted molar refractivity (Wildman–Crippen MR) is 187 cm³/mol. The Morgan fingerprint density at radius 3 is 1.75 bits per heavy atom. The van der Waals surface area contributed by atoms with E-state index in [4.69, 9.17) is 5.73 Å². The van der Waals surface area contributed by atoms with E-state index in [0.29, 0.717) is 5.82 Å². The lowest BCUT2D eigenvalue weighted by molar-refractivity contribution is 0.652. The summed E-state index contributed by atoms with van der Waals surface area (Å²) < 4.78 is 6.30. The molecule has 0 saturated heterocycles. The zero-order chi connectivity index (χ0) is 30.4. The molecule has 0 radical (unpaired) electrons. The normalized spacial score (nSPS) is 15.6. The van der Waals surface area contributed by atoms with E-state index in [-0.39, 0.29) is 0 Å². The predicted octanol–water partition coefficient (Wildman–Crippen LogP) is 8.45. The van der Waals surface area contributed by atoms with Crippen molar-refractivity contribution in [2.24, 2.45) is 14.1 Å². The van der Waals surface area contributed by atoms with Gasteiger partial charge in [0.2, 0.25) is 0 Å². The van der Waals surface area contributed by atoms with E-state index in [1.54, 1.807) is 0 Å². The summed E-state index contributed by atoms with van der Waals surface area (Å²) in [7, 11) is 4.23. The lowest BCUT2D eigenvalue weighted by atomic mass is 9.96. The molecule has 44 heavy (non-hydrogen) atoms. The van der Waals surface area contributed by atoms with Crippen molar-refractivity contribution in [1.82, 2.24) is 29.1 Å². The van der Waals surface area contributed by atoms with Crippen molar-refractivity contribution in [3.8, 4) is 0 Å². The maximum absolute atomic E-state index is 5.73. The number of nitrogen functional groups attached to an aromatic ring is 1. The first kappa shape index (κ1) is 29.5. The number of nitrogens with two attached hydrogens (primary N) is 1. The van der Waals surface area contributed by atoms with Crippen molar-refractivity contribution in [1.29, 1.82) is 0 Å². The van der Waals surface area contributed by atoms with Crippen LogP contribution in [0.2, 0.25) is 0 Å². The molecule has 0 spiro atoms. The van der Waals surface area contributed by atoms with Crippen LogP contribution in [0.1, 0.15) is 72.3 Å². The summed E-state index contributed by atoms with van der Waals surface area (Å²) in [4.78, 5) is 16.8. The van der Waals surface area contributed by atoms with Gasteiger partial charge in [0.1, 0.15) is 32.0 Å². The van der Waals surface area contributed by atoms with Crippen LogP contribution in [0.3, 0.4) is 0 Å². The molecule has 0 unspecified atom stereocenters. The van der Waals surface area contributed by atoms with Crippen molar-refractivity contribution in [2.45, 2.75) is 77.0 Å². The number of hydrogen-bond donors (Lipinski definition) is 2. The van der Waals surface area contributed by atoms with Gasteiger partial charge in [-0.1, -0.05) is 0 Å². The number of aryl methyl sites for hydroxylation is 6. The second-order valence-corrected chi connectivity index (χ2v) is 13.9. The second-order valence-electron chi connectivity index (χ2n) is 12.3. The van der Waals surface area contributed by atoms with Gasteiger partial charge >= 0.3 is 0 Å². The Kier molecular flexibility index (Phi) is 8.27. The van der Waals surface area contributed by atoms with Crippen molar-refractivity contribution in [2.75, 3.05) is 5.73 Å². The minimum atomic E-state index is 0.612. The molecule has 3 aliphatic rings. The molecule has 0 saturated carbocycles. The Morgan fingerprint density at radius 2 is 1.09 bits per heavy atom. The molecule has 0 aliphatic heterocycles. The first-order chi connectivity index (χ1) is 21.4. The molecule has 3 N–H and O–H groups in total. The second kappa shape index (κ2) is 12.3. The van der Waals surface area contributed by atoms with Gasteiger partial charge in [0.15, 0.2) is 0 Å². The third-order valence-corrected chi connectivity index (χ3v) is 10.5. The molecule has 6 aromatic heterocycles. The van der Waals surface area contributed by atoms with Crippen LogP contribution >= 0.6 is 31.9 Å².